The highest BCUT2D eigenvalue weighted by molar-refractivity contribution is 5.95. The highest BCUT2D eigenvalue weighted by Crippen LogP contribution is 2.15. The van der Waals surface area contributed by atoms with Gasteiger partial charge in [-0.15, -0.1) is 0 Å². The first-order valence-electron chi connectivity index (χ1n) is 7.20. The van der Waals surface area contributed by atoms with Gasteiger partial charge in [0.2, 0.25) is 0 Å². The lowest BCUT2D eigenvalue weighted by molar-refractivity contribution is 0.0951. The number of nitrogens with two attached hydrogens (primary N) is 1. The molecule has 0 unspecified atom stereocenters. The zero-order valence-corrected chi connectivity index (χ0v) is 12.8. The first kappa shape index (κ1) is 15.1. The van der Waals surface area contributed by atoms with Crippen LogP contribution in [0.4, 0.5) is 5.69 Å². The molecule has 2 rings (SSSR count). The van der Waals surface area contributed by atoms with Crippen molar-refractivity contribution in [2.45, 2.75) is 33.2 Å². The molecule has 110 valence electrons. The smallest absolute Gasteiger partial charge is 0.251 e. The molecule has 0 saturated heterocycles. The molecule has 3 heteroatoms. The molecule has 2 aromatic carbocycles. The lowest BCUT2D eigenvalue weighted by Gasteiger charge is -2.09. The quantitative estimate of drug-likeness (QED) is 0.841. The van der Waals surface area contributed by atoms with Crippen LogP contribution in [0.2, 0.25) is 0 Å². The average molecular weight is 282 g/mol. The largest absolute Gasteiger partial charge is 0.399 e. The number of nitrogens with one attached hydrogen (secondary N) is 1. The van der Waals surface area contributed by atoms with Crippen molar-refractivity contribution < 1.29 is 4.79 Å². The minimum Gasteiger partial charge on any atom is -0.399 e. The van der Waals surface area contributed by atoms with Crippen LogP contribution >= 0.6 is 0 Å². The van der Waals surface area contributed by atoms with Crippen LogP contribution in [0.5, 0.6) is 0 Å². The van der Waals surface area contributed by atoms with Gasteiger partial charge in [0.15, 0.2) is 0 Å². The van der Waals surface area contributed by atoms with Crippen LogP contribution in [0.3, 0.4) is 0 Å². The van der Waals surface area contributed by atoms with Crippen LogP contribution in [0.1, 0.15) is 46.8 Å². The van der Waals surface area contributed by atoms with Gasteiger partial charge in [0.05, 0.1) is 0 Å². The number of hydrogen-bond acceptors (Lipinski definition) is 2. The fourth-order valence-electron chi connectivity index (χ4n) is 2.25. The highest BCUT2D eigenvalue weighted by Gasteiger charge is 2.07. The monoisotopic (exact) mass is 282 g/mol. The summed E-state index contributed by atoms with van der Waals surface area (Å²) in [4.78, 5) is 12.1. The summed E-state index contributed by atoms with van der Waals surface area (Å²) in [6.45, 7) is 6.78. The van der Waals surface area contributed by atoms with Gasteiger partial charge in [-0.05, 0) is 47.7 Å². The molecular formula is C18H22N2O. The van der Waals surface area contributed by atoms with Crippen LogP contribution in [0.15, 0.2) is 42.5 Å². The van der Waals surface area contributed by atoms with E-state index in [-0.39, 0.29) is 5.91 Å². The van der Waals surface area contributed by atoms with Crippen molar-refractivity contribution in [2.75, 3.05) is 5.73 Å². The van der Waals surface area contributed by atoms with E-state index in [1.165, 1.54) is 5.56 Å². The zero-order chi connectivity index (χ0) is 15.4. The van der Waals surface area contributed by atoms with Crippen molar-refractivity contribution in [3.63, 3.8) is 0 Å². The van der Waals surface area contributed by atoms with Gasteiger partial charge in [-0.2, -0.15) is 0 Å². The first-order valence-corrected chi connectivity index (χ1v) is 7.20. The maximum atomic E-state index is 12.1. The van der Waals surface area contributed by atoms with Gasteiger partial charge in [-0.3, -0.25) is 4.79 Å². The Hall–Kier alpha value is -2.29. The molecule has 0 radical (unpaired) electrons. The summed E-state index contributed by atoms with van der Waals surface area (Å²) in [7, 11) is 0. The summed E-state index contributed by atoms with van der Waals surface area (Å²) >= 11 is 0. The molecule has 3 nitrogen and oxygen atoms in total. The van der Waals surface area contributed by atoms with Crippen molar-refractivity contribution in [1.29, 1.82) is 0 Å². The third-order valence-corrected chi connectivity index (χ3v) is 3.46. The number of anilines is 1. The van der Waals surface area contributed by atoms with E-state index in [2.05, 4.69) is 43.4 Å². The molecule has 0 aliphatic carbocycles. The third kappa shape index (κ3) is 4.09. The van der Waals surface area contributed by atoms with E-state index in [9.17, 15) is 4.79 Å². The number of hydrogen-bond donors (Lipinski definition) is 2. The van der Waals surface area contributed by atoms with E-state index in [1.54, 1.807) is 6.07 Å². The van der Waals surface area contributed by atoms with E-state index in [0.29, 0.717) is 23.7 Å². The molecule has 1 amide bonds. The lowest BCUT2D eigenvalue weighted by Crippen LogP contribution is -2.23. The van der Waals surface area contributed by atoms with Gasteiger partial charge in [0, 0.05) is 17.8 Å². The van der Waals surface area contributed by atoms with Crippen LogP contribution in [-0.4, -0.2) is 5.91 Å². The molecule has 0 atom stereocenters. The second-order valence-corrected chi connectivity index (χ2v) is 5.71. The topological polar surface area (TPSA) is 55.1 Å². The normalized spacial score (nSPS) is 10.7. The predicted octanol–water partition coefficient (Wildman–Crippen LogP) is 3.63. The number of benzene rings is 2. The van der Waals surface area contributed by atoms with E-state index >= 15 is 0 Å². The maximum absolute atomic E-state index is 12.1. The Morgan fingerprint density at radius 3 is 2.38 bits per heavy atom. The van der Waals surface area contributed by atoms with Gasteiger partial charge in [-0.25, -0.2) is 0 Å². The number of rotatable bonds is 4. The number of carbonyl (C=O) groups is 1. The standard InChI is InChI=1S/C18H22N2O/c1-12(2)15-6-4-14(5-7-15)11-20-18(21)16-8-13(3)9-17(19)10-16/h4-10,12H,11,19H2,1-3H3,(H,20,21). The van der Waals surface area contributed by atoms with Crippen molar-refractivity contribution in [2.24, 2.45) is 0 Å². The second kappa shape index (κ2) is 6.44. The van der Waals surface area contributed by atoms with Gasteiger partial charge in [-0.1, -0.05) is 38.1 Å². The first-order chi connectivity index (χ1) is 9.95. The molecule has 3 N–H and O–H groups in total. The minimum absolute atomic E-state index is 0.0988. The summed E-state index contributed by atoms with van der Waals surface area (Å²) in [6.07, 6.45) is 0. The average Bonchev–Trinajstić information content (AvgIpc) is 2.44. The summed E-state index contributed by atoms with van der Waals surface area (Å²) < 4.78 is 0. The molecule has 2 aromatic rings. The van der Waals surface area contributed by atoms with E-state index in [4.69, 9.17) is 5.73 Å². The molecule has 0 aromatic heterocycles. The Labute approximate surface area is 126 Å². The Morgan fingerprint density at radius 2 is 1.81 bits per heavy atom. The molecule has 0 heterocycles. The summed E-state index contributed by atoms with van der Waals surface area (Å²) in [5.41, 5.74) is 10.4. The minimum atomic E-state index is -0.0988. The predicted molar refractivity (Wildman–Crippen MR) is 87.3 cm³/mol. The maximum Gasteiger partial charge on any atom is 0.251 e. The van der Waals surface area contributed by atoms with Gasteiger partial charge >= 0.3 is 0 Å². The van der Waals surface area contributed by atoms with E-state index in [1.807, 2.05) is 19.1 Å². The van der Waals surface area contributed by atoms with E-state index in [0.717, 1.165) is 11.1 Å². The molecule has 0 spiro atoms. The van der Waals surface area contributed by atoms with Crippen molar-refractivity contribution in [3.05, 3.63) is 64.7 Å². The van der Waals surface area contributed by atoms with Gasteiger partial charge in [0.1, 0.15) is 0 Å². The van der Waals surface area contributed by atoms with Gasteiger partial charge in [0.25, 0.3) is 5.91 Å². The summed E-state index contributed by atoms with van der Waals surface area (Å²) in [6, 6.07) is 13.7. The molecule has 21 heavy (non-hydrogen) atoms. The number of aryl methyl sites for hydroxylation is 1. The Kier molecular flexibility index (Phi) is 4.63. The molecule has 0 bridgehead atoms. The summed E-state index contributed by atoms with van der Waals surface area (Å²) in [5.74, 6) is 0.419. The highest BCUT2D eigenvalue weighted by atomic mass is 16.1. The van der Waals surface area contributed by atoms with Crippen molar-refractivity contribution >= 4 is 11.6 Å². The number of amides is 1. The van der Waals surface area contributed by atoms with Crippen molar-refractivity contribution in [1.82, 2.24) is 5.32 Å². The molecule has 0 fully saturated rings. The summed E-state index contributed by atoms with van der Waals surface area (Å²) in [5, 5.41) is 2.92. The van der Waals surface area contributed by atoms with Crippen LogP contribution in [0, 0.1) is 6.92 Å². The fraction of sp³-hybridized carbons (Fsp3) is 0.278. The van der Waals surface area contributed by atoms with Gasteiger partial charge < -0.3 is 11.1 Å². The molecule has 0 aliphatic rings. The van der Waals surface area contributed by atoms with Crippen LogP contribution in [0.25, 0.3) is 0 Å². The molecule has 0 saturated carbocycles. The Balaban J connectivity index is 2.00. The fourth-order valence-corrected chi connectivity index (χ4v) is 2.25. The van der Waals surface area contributed by atoms with Crippen LogP contribution < -0.4 is 11.1 Å². The van der Waals surface area contributed by atoms with Crippen LogP contribution in [-0.2, 0) is 6.54 Å². The second-order valence-electron chi connectivity index (χ2n) is 5.71. The van der Waals surface area contributed by atoms with E-state index < -0.39 is 0 Å². The number of carbonyl (C=O) groups excluding carboxylic acids is 1. The lowest BCUT2D eigenvalue weighted by atomic mass is 10.0. The number of nitrogen functional groups attached to an aromatic ring is 1. The zero-order valence-electron chi connectivity index (χ0n) is 12.8. The Bertz CT molecular complexity index is 610. The SMILES string of the molecule is Cc1cc(N)cc(C(=O)NCc2ccc(C(C)C)cc2)c1. The molecular weight excluding hydrogens is 260 g/mol. The molecule has 0 aliphatic heterocycles. The van der Waals surface area contributed by atoms with Crippen molar-refractivity contribution in [3.8, 4) is 0 Å². The third-order valence-electron chi connectivity index (χ3n) is 3.46. The Morgan fingerprint density at radius 1 is 1.14 bits per heavy atom.